The molecule has 26 heavy (non-hydrogen) atoms. The molecule has 7 heteroatoms. The highest BCUT2D eigenvalue weighted by Gasteiger charge is 2.24. The predicted molar refractivity (Wildman–Crippen MR) is 101 cm³/mol. The molecule has 1 saturated heterocycles. The highest BCUT2D eigenvalue weighted by Crippen LogP contribution is 2.20. The van der Waals surface area contributed by atoms with E-state index in [4.69, 9.17) is 9.72 Å². The van der Waals surface area contributed by atoms with Gasteiger partial charge in [-0.2, -0.15) is 0 Å². The van der Waals surface area contributed by atoms with Gasteiger partial charge in [-0.1, -0.05) is 13.0 Å². The maximum Gasteiger partial charge on any atom is 0.145 e. The molecule has 3 aromatic rings. The fourth-order valence-electron chi connectivity index (χ4n) is 3.32. The molecule has 2 atom stereocenters. The summed E-state index contributed by atoms with van der Waals surface area (Å²) >= 11 is 0. The van der Waals surface area contributed by atoms with Crippen LogP contribution in [0.3, 0.4) is 0 Å². The second kappa shape index (κ2) is 7.80. The largest absolute Gasteiger partial charge is 0.380 e. The Hall–Kier alpha value is -2.51. The van der Waals surface area contributed by atoms with Gasteiger partial charge in [0.1, 0.15) is 17.2 Å². The molecule has 4 rings (SSSR count). The Bertz CT molecular complexity index is 864. The number of imidazole rings is 1. The van der Waals surface area contributed by atoms with Gasteiger partial charge in [-0.15, -0.1) is 0 Å². The lowest BCUT2D eigenvalue weighted by molar-refractivity contribution is 0.116. The Morgan fingerprint density at radius 3 is 3.19 bits per heavy atom. The van der Waals surface area contributed by atoms with Crippen molar-refractivity contribution in [3.8, 4) is 11.4 Å². The topological polar surface area (TPSA) is 76.4 Å². The molecule has 2 N–H and O–H groups in total. The Kier molecular flexibility index (Phi) is 5.08. The van der Waals surface area contributed by atoms with Gasteiger partial charge in [0.05, 0.1) is 30.9 Å². The third kappa shape index (κ3) is 3.68. The minimum atomic E-state index is 0.331. The maximum absolute atomic E-state index is 5.65. The van der Waals surface area contributed by atoms with Gasteiger partial charge in [-0.25, -0.2) is 9.97 Å². The number of aromatic nitrogens is 4. The number of nitrogens with one attached hydrogen (secondary N) is 2. The van der Waals surface area contributed by atoms with Crippen molar-refractivity contribution in [1.82, 2.24) is 24.7 Å². The average Bonchev–Trinajstić information content (AvgIpc) is 3.29. The number of hydrogen-bond acceptors (Lipinski definition) is 6. The van der Waals surface area contributed by atoms with Crippen molar-refractivity contribution in [2.45, 2.75) is 31.8 Å². The quantitative estimate of drug-likeness (QED) is 0.636. The minimum Gasteiger partial charge on any atom is -0.380 e. The molecule has 3 aromatic heterocycles. The molecule has 7 nitrogen and oxygen atoms in total. The van der Waals surface area contributed by atoms with Crippen molar-refractivity contribution >= 4 is 11.5 Å². The third-order valence-corrected chi connectivity index (χ3v) is 4.56. The average molecular weight is 352 g/mol. The van der Waals surface area contributed by atoms with Gasteiger partial charge in [-0.3, -0.25) is 9.38 Å². The van der Waals surface area contributed by atoms with Crippen LogP contribution in [-0.2, 0) is 4.74 Å². The summed E-state index contributed by atoms with van der Waals surface area (Å²) in [6.07, 6.45) is 9.44. The van der Waals surface area contributed by atoms with E-state index < -0.39 is 0 Å². The first kappa shape index (κ1) is 16.9. The Balaban J connectivity index is 1.44. The van der Waals surface area contributed by atoms with Crippen LogP contribution in [0.4, 0.5) is 5.82 Å². The van der Waals surface area contributed by atoms with Gasteiger partial charge < -0.3 is 15.4 Å². The lowest BCUT2D eigenvalue weighted by atomic mass is 10.2. The van der Waals surface area contributed by atoms with E-state index in [1.165, 1.54) is 0 Å². The first-order chi connectivity index (χ1) is 12.8. The first-order valence-electron chi connectivity index (χ1n) is 9.15. The first-order valence-corrected chi connectivity index (χ1v) is 9.15. The summed E-state index contributed by atoms with van der Waals surface area (Å²) in [7, 11) is 0. The fraction of sp³-hybridized carbons (Fsp3) is 0.421. The summed E-state index contributed by atoms with van der Waals surface area (Å²) in [5.74, 6) is 0.787. The molecule has 4 heterocycles. The molecule has 0 unspecified atom stereocenters. The number of pyridine rings is 1. The second-order valence-corrected chi connectivity index (χ2v) is 6.62. The summed E-state index contributed by atoms with van der Waals surface area (Å²) in [6.45, 7) is 4.62. The van der Waals surface area contributed by atoms with Crippen LogP contribution in [0.2, 0.25) is 0 Å². The van der Waals surface area contributed by atoms with Crippen molar-refractivity contribution < 1.29 is 4.74 Å². The molecule has 0 amide bonds. The molecule has 0 radical (unpaired) electrons. The summed E-state index contributed by atoms with van der Waals surface area (Å²) in [5.41, 5.74) is 2.65. The molecular formula is C19H24N6O. The van der Waals surface area contributed by atoms with E-state index in [2.05, 4.69) is 27.5 Å². The molecule has 136 valence electrons. The molecule has 0 aliphatic carbocycles. The Labute approximate surface area is 152 Å². The number of hydrogen-bond donors (Lipinski definition) is 2. The molecule has 1 aliphatic heterocycles. The summed E-state index contributed by atoms with van der Waals surface area (Å²) in [6, 6.07) is 6.66. The highest BCUT2D eigenvalue weighted by molar-refractivity contribution is 5.60. The summed E-state index contributed by atoms with van der Waals surface area (Å²) in [4.78, 5) is 13.5. The van der Waals surface area contributed by atoms with Gasteiger partial charge in [0, 0.05) is 31.4 Å². The molecule has 0 bridgehead atoms. The minimum absolute atomic E-state index is 0.331. The number of fused-ring (bicyclic) bond motifs is 1. The SMILES string of the molecule is CCCOC[C@@H]1C[C@@H](Nc2cncc(-c3cnc4ccccn34)n2)CN1. The predicted octanol–water partition coefficient (Wildman–Crippen LogP) is 2.36. The summed E-state index contributed by atoms with van der Waals surface area (Å²) in [5, 5.41) is 6.99. The Morgan fingerprint density at radius 2 is 2.27 bits per heavy atom. The van der Waals surface area contributed by atoms with Crippen LogP contribution in [-0.4, -0.2) is 51.2 Å². The molecule has 1 fully saturated rings. The molecule has 0 spiro atoms. The van der Waals surface area contributed by atoms with Crippen LogP contribution in [0.15, 0.2) is 43.0 Å². The Morgan fingerprint density at radius 1 is 1.31 bits per heavy atom. The molecule has 0 aromatic carbocycles. The van der Waals surface area contributed by atoms with E-state index >= 15 is 0 Å². The fourth-order valence-corrected chi connectivity index (χ4v) is 3.32. The lowest BCUT2D eigenvalue weighted by Gasteiger charge is -2.13. The van der Waals surface area contributed by atoms with E-state index in [1.54, 1.807) is 12.4 Å². The van der Waals surface area contributed by atoms with E-state index in [-0.39, 0.29) is 0 Å². The van der Waals surface area contributed by atoms with Crippen molar-refractivity contribution in [1.29, 1.82) is 0 Å². The second-order valence-electron chi connectivity index (χ2n) is 6.62. The monoisotopic (exact) mass is 352 g/mol. The standard InChI is InChI=1S/C19H24N6O/c1-2-7-26-13-15-8-14(9-21-15)23-18-12-20-10-16(24-18)17-11-22-19-5-3-4-6-25(17)19/h3-6,10-12,14-15,21H,2,7-9,13H2,1H3,(H,23,24)/t14-,15+/m1/s1. The van der Waals surface area contributed by atoms with Crippen LogP contribution < -0.4 is 10.6 Å². The van der Waals surface area contributed by atoms with Crippen molar-refractivity contribution in [3.63, 3.8) is 0 Å². The normalized spacial score (nSPS) is 19.9. The smallest absolute Gasteiger partial charge is 0.145 e. The van der Waals surface area contributed by atoms with Crippen LogP contribution in [0, 0.1) is 0 Å². The van der Waals surface area contributed by atoms with E-state index in [9.17, 15) is 0 Å². The van der Waals surface area contributed by atoms with Gasteiger partial charge in [0.2, 0.25) is 0 Å². The van der Waals surface area contributed by atoms with Gasteiger partial charge >= 0.3 is 0 Å². The number of rotatable bonds is 7. The number of anilines is 1. The van der Waals surface area contributed by atoms with Gasteiger partial charge in [0.25, 0.3) is 0 Å². The lowest BCUT2D eigenvalue weighted by Crippen LogP contribution is -2.27. The number of ether oxygens (including phenoxy) is 1. The zero-order chi connectivity index (χ0) is 17.8. The van der Waals surface area contributed by atoms with E-state index in [0.29, 0.717) is 12.1 Å². The van der Waals surface area contributed by atoms with Crippen molar-refractivity contribution in [2.75, 3.05) is 25.1 Å². The van der Waals surface area contributed by atoms with Crippen LogP contribution in [0.5, 0.6) is 0 Å². The van der Waals surface area contributed by atoms with E-state index in [1.807, 2.05) is 35.0 Å². The zero-order valence-electron chi connectivity index (χ0n) is 14.9. The zero-order valence-corrected chi connectivity index (χ0v) is 14.9. The third-order valence-electron chi connectivity index (χ3n) is 4.56. The van der Waals surface area contributed by atoms with Crippen molar-refractivity contribution in [3.05, 3.63) is 43.0 Å². The van der Waals surface area contributed by atoms with Gasteiger partial charge in [-0.05, 0) is 25.0 Å². The molecule has 1 aliphatic rings. The highest BCUT2D eigenvalue weighted by atomic mass is 16.5. The number of nitrogens with zero attached hydrogens (tertiary/aromatic N) is 4. The van der Waals surface area contributed by atoms with Crippen LogP contribution in [0.1, 0.15) is 19.8 Å². The summed E-state index contributed by atoms with van der Waals surface area (Å²) < 4.78 is 7.67. The van der Waals surface area contributed by atoms with E-state index in [0.717, 1.165) is 55.5 Å². The van der Waals surface area contributed by atoms with Crippen molar-refractivity contribution in [2.24, 2.45) is 0 Å². The van der Waals surface area contributed by atoms with Crippen LogP contribution in [0.25, 0.3) is 17.0 Å². The van der Waals surface area contributed by atoms with Gasteiger partial charge in [0.15, 0.2) is 0 Å². The molecular weight excluding hydrogens is 328 g/mol. The van der Waals surface area contributed by atoms with Crippen LogP contribution >= 0.6 is 0 Å². The molecule has 0 saturated carbocycles. The maximum atomic E-state index is 5.65.